The summed E-state index contributed by atoms with van der Waals surface area (Å²) in [7, 11) is 0. The number of ether oxygens (including phenoxy) is 1. The lowest BCUT2D eigenvalue weighted by Crippen LogP contribution is -2.33. The van der Waals surface area contributed by atoms with Gasteiger partial charge in [-0.25, -0.2) is 4.98 Å². The van der Waals surface area contributed by atoms with Crippen LogP contribution in [0, 0.1) is 5.92 Å². The zero-order valence-electron chi connectivity index (χ0n) is 16.3. The molecule has 3 aromatic rings. The summed E-state index contributed by atoms with van der Waals surface area (Å²) in [5, 5.41) is 2.87. The van der Waals surface area contributed by atoms with Crippen LogP contribution in [0.25, 0.3) is 0 Å². The highest BCUT2D eigenvalue weighted by molar-refractivity contribution is 7.98. The van der Waals surface area contributed by atoms with Crippen molar-refractivity contribution in [3.05, 3.63) is 64.5 Å². The second-order valence-electron chi connectivity index (χ2n) is 6.75. The third-order valence-electron chi connectivity index (χ3n) is 3.98. The molecular weight excluding hydrogens is 392 g/mol. The largest absolute Gasteiger partial charge is 0.486 e. The Kier molecular flexibility index (Phi) is 7.17. The highest BCUT2D eigenvalue weighted by Gasteiger charge is 2.20. The first-order chi connectivity index (χ1) is 13.5. The van der Waals surface area contributed by atoms with Gasteiger partial charge in [0, 0.05) is 16.8 Å². The van der Waals surface area contributed by atoms with Crippen molar-refractivity contribution in [1.29, 1.82) is 0 Å². The molecule has 2 heterocycles. The van der Waals surface area contributed by atoms with Crippen molar-refractivity contribution in [2.75, 3.05) is 12.8 Å². The van der Waals surface area contributed by atoms with Crippen LogP contribution in [0.2, 0.25) is 0 Å². The fourth-order valence-corrected chi connectivity index (χ4v) is 3.82. The molecule has 0 bridgehead atoms. The van der Waals surface area contributed by atoms with E-state index in [-0.39, 0.29) is 5.91 Å². The number of benzene rings is 1. The minimum Gasteiger partial charge on any atom is -0.486 e. The third kappa shape index (κ3) is 5.62. The van der Waals surface area contributed by atoms with Crippen molar-refractivity contribution in [3.63, 3.8) is 0 Å². The van der Waals surface area contributed by atoms with Gasteiger partial charge in [-0.15, -0.1) is 23.1 Å². The molecule has 0 fully saturated rings. The van der Waals surface area contributed by atoms with Crippen LogP contribution < -0.4 is 4.74 Å². The van der Waals surface area contributed by atoms with E-state index >= 15 is 0 Å². The SMILES string of the molecule is CSc1ccc(OCc2nc(CN(CC(C)C)C(=O)c3ccco3)cs2)cc1. The Morgan fingerprint density at radius 1 is 1.29 bits per heavy atom. The summed E-state index contributed by atoms with van der Waals surface area (Å²) in [4.78, 5) is 20.3. The standard InChI is InChI=1S/C21H24N2O3S2/c1-15(2)11-23(21(24)19-5-4-10-25-19)12-16-14-28-20(22-16)13-26-17-6-8-18(27-3)9-7-17/h4-10,14-15H,11-13H2,1-3H3. The summed E-state index contributed by atoms with van der Waals surface area (Å²) >= 11 is 3.25. The Morgan fingerprint density at radius 2 is 2.07 bits per heavy atom. The van der Waals surface area contributed by atoms with E-state index in [2.05, 4.69) is 18.8 Å². The maximum atomic E-state index is 12.7. The van der Waals surface area contributed by atoms with E-state index in [4.69, 9.17) is 9.15 Å². The smallest absolute Gasteiger partial charge is 0.289 e. The van der Waals surface area contributed by atoms with Crippen molar-refractivity contribution < 1.29 is 13.9 Å². The summed E-state index contributed by atoms with van der Waals surface area (Å²) in [6.45, 7) is 5.69. The quantitative estimate of drug-likeness (QED) is 0.441. The highest BCUT2D eigenvalue weighted by atomic mass is 32.2. The van der Waals surface area contributed by atoms with Gasteiger partial charge in [-0.05, 0) is 48.6 Å². The molecule has 1 amide bonds. The third-order valence-corrected chi connectivity index (χ3v) is 5.59. The van der Waals surface area contributed by atoms with Gasteiger partial charge in [0.05, 0.1) is 18.5 Å². The predicted octanol–water partition coefficient (Wildman–Crippen LogP) is 5.34. The van der Waals surface area contributed by atoms with Crippen LogP contribution in [0.5, 0.6) is 5.75 Å². The number of aromatic nitrogens is 1. The number of hydrogen-bond acceptors (Lipinski definition) is 6. The Hall–Kier alpha value is -2.25. The van der Waals surface area contributed by atoms with Gasteiger partial charge in [0.2, 0.25) is 0 Å². The van der Waals surface area contributed by atoms with Crippen molar-refractivity contribution in [2.24, 2.45) is 5.92 Å². The van der Waals surface area contributed by atoms with Crippen LogP contribution in [0.4, 0.5) is 0 Å². The molecule has 0 aliphatic heterocycles. The summed E-state index contributed by atoms with van der Waals surface area (Å²) < 4.78 is 11.1. The van der Waals surface area contributed by atoms with Gasteiger partial charge in [0.15, 0.2) is 5.76 Å². The second-order valence-corrected chi connectivity index (χ2v) is 8.58. The maximum Gasteiger partial charge on any atom is 0.289 e. The first-order valence-corrected chi connectivity index (χ1v) is 11.2. The molecule has 28 heavy (non-hydrogen) atoms. The molecule has 1 aromatic carbocycles. The molecule has 148 valence electrons. The molecule has 0 N–H and O–H groups in total. The fraction of sp³-hybridized carbons (Fsp3) is 0.333. The number of carbonyl (C=O) groups excluding carboxylic acids is 1. The summed E-state index contributed by atoms with van der Waals surface area (Å²) in [5.74, 6) is 1.42. The van der Waals surface area contributed by atoms with Crippen molar-refractivity contribution in [1.82, 2.24) is 9.88 Å². The molecule has 0 spiro atoms. The molecule has 5 nitrogen and oxygen atoms in total. The molecule has 0 saturated heterocycles. The molecule has 3 rings (SSSR count). The number of thiazole rings is 1. The van der Waals surface area contributed by atoms with Gasteiger partial charge >= 0.3 is 0 Å². The second kappa shape index (κ2) is 9.80. The lowest BCUT2D eigenvalue weighted by atomic mass is 10.2. The lowest BCUT2D eigenvalue weighted by Gasteiger charge is -2.22. The number of thioether (sulfide) groups is 1. The van der Waals surface area contributed by atoms with Gasteiger partial charge in [-0.2, -0.15) is 0 Å². The van der Waals surface area contributed by atoms with Crippen LogP contribution in [0.3, 0.4) is 0 Å². The fourth-order valence-electron chi connectivity index (χ4n) is 2.72. The van der Waals surface area contributed by atoms with E-state index in [1.54, 1.807) is 40.1 Å². The highest BCUT2D eigenvalue weighted by Crippen LogP contribution is 2.21. The molecule has 0 saturated carbocycles. The maximum absolute atomic E-state index is 12.7. The molecule has 0 unspecified atom stereocenters. The van der Waals surface area contributed by atoms with E-state index < -0.39 is 0 Å². The van der Waals surface area contributed by atoms with Crippen molar-refractivity contribution >= 4 is 29.0 Å². The average Bonchev–Trinajstić information content (AvgIpc) is 3.37. The van der Waals surface area contributed by atoms with E-state index in [0.29, 0.717) is 31.4 Å². The molecular formula is C21H24N2O3S2. The molecule has 0 aliphatic carbocycles. The molecule has 0 atom stereocenters. The normalized spacial score (nSPS) is 11.0. The van der Waals surface area contributed by atoms with Gasteiger partial charge in [0.1, 0.15) is 17.4 Å². The minimum absolute atomic E-state index is 0.113. The number of nitrogens with zero attached hydrogens (tertiary/aromatic N) is 2. The lowest BCUT2D eigenvalue weighted by molar-refractivity contribution is 0.0688. The molecule has 7 heteroatoms. The van der Waals surface area contributed by atoms with Crippen LogP contribution in [0.15, 0.2) is 57.4 Å². The van der Waals surface area contributed by atoms with Crippen LogP contribution >= 0.6 is 23.1 Å². The number of carbonyl (C=O) groups is 1. The first kappa shape index (κ1) is 20.5. The average molecular weight is 417 g/mol. The van der Waals surface area contributed by atoms with Gasteiger partial charge in [-0.3, -0.25) is 4.79 Å². The van der Waals surface area contributed by atoms with E-state index in [9.17, 15) is 4.79 Å². The Balaban J connectivity index is 1.61. The number of rotatable bonds is 9. The minimum atomic E-state index is -0.113. The van der Waals surface area contributed by atoms with Crippen LogP contribution in [-0.2, 0) is 13.2 Å². The monoisotopic (exact) mass is 416 g/mol. The zero-order chi connectivity index (χ0) is 19.9. The topological polar surface area (TPSA) is 55.6 Å². The molecule has 0 radical (unpaired) electrons. The molecule has 2 aromatic heterocycles. The van der Waals surface area contributed by atoms with E-state index in [0.717, 1.165) is 16.5 Å². The van der Waals surface area contributed by atoms with E-state index in [1.165, 1.54) is 11.2 Å². The van der Waals surface area contributed by atoms with E-state index in [1.807, 2.05) is 35.9 Å². The molecule has 0 aliphatic rings. The Bertz CT molecular complexity index is 873. The summed E-state index contributed by atoms with van der Waals surface area (Å²) in [6.07, 6.45) is 3.57. The number of amides is 1. The summed E-state index contributed by atoms with van der Waals surface area (Å²) in [5.41, 5.74) is 0.863. The number of hydrogen-bond donors (Lipinski definition) is 0. The number of furan rings is 1. The van der Waals surface area contributed by atoms with Crippen LogP contribution in [-0.4, -0.2) is 28.6 Å². The predicted molar refractivity (Wildman–Crippen MR) is 113 cm³/mol. The first-order valence-electron chi connectivity index (χ1n) is 9.08. The van der Waals surface area contributed by atoms with Gasteiger partial charge in [0.25, 0.3) is 5.91 Å². The Morgan fingerprint density at radius 3 is 2.71 bits per heavy atom. The zero-order valence-corrected chi connectivity index (χ0v) is 17.9. The van der Waals surface area contributed by atoms with Crippen molar-refractivity contribution in [3.8, 4) is 5.75 Å². The summed E-state index contributed by atoms with van der Waals surface area (Å²) in [6, 6.07) is 11.4. The van der Waals surface area contributed by atoms with Crippen molar-refractivity contribution in [2.45, 2.75) is 31.9 Å². The van der Waals surface area contributed by atoms with Gasteiger partial charge < -0.3 is 14.1 Å². The Labute approximate surface area is 173 Å². The van der Waals surface area contributed by atoms with Gasteiger partial charge in [-0.1, -0.05) is 13.8 Å². The van der Waals surface area contributed by atoms with Crippen LogP contribution in [0.1, 0.15) is 35.1 Å².